The van der Waals surface area contributed by atoms with Crippen molar-refractivity contribution in [2.24, 2.45) is 0 Å². The van der Waals surface area contributed by atoms with Gasteiger partial charge < -0.3 is 10.2 Å². The van der Waals surface area contributed by atoms with Crippen LogP contribution in [0.2, 0.25) is 0 Å². The second-order valence-electron chi connectivity index (χ2n) is 5.25. The summed E-state index contributed by atoms with van der Waals surface area (Å²) in [4.78, 5) is 16.9. The summed E-state index contributed by atoms with van der Waals surface area (Å²) >= 11 is 0. The monoisotopic (exact) mass is 323 g/mol. The lowest BCUT2D eigenvalue weighted by Gasteiger charge is -2.16. The smallest absolute Gasteiger partial charge is 0.363 e. The van der Waals surface area contributed by atoms with Gasteiger partial charge in [0.15, 0.2) is 0 Å². The van der Waals surface area contributed by atoms with Gasteiger partial charge in [-0.15, -0.1) is 0 Å². The number of carbonyl (C=O) groups is 1. The van der Waals surface area contributed by atoms with Crippen LogP contribution in [0.5, 0.6) is 0 Å². The summed E-state index contributed by atoms with van der Waals surface area (Å²) in [6.07, 6.45) is -4.46. The quantitative estimate of drug-likeness (QED) is 0.935. The SMILES string of the molecule is CC(=O)Nc1cccc(-c2cc(C(F)(F)F)cc(N(C)C)n2)c1. The van der Waals surface area contributed by atoms with Crippen molar-refractivity contribution < 1.29 is 18.0 Å². The first kappa shape index (κ1) is 16.8. The first-order chi connectivity index (χ1) is 10.7. The third-order valence-corrected chi connectivity index (χ3v) is 3.08. The Balaban J connectivity index is 2.54. The number of carbonyl (C=O) groups excluding carboxylic acids is 1. The molecule has 2 rings (SSSR count). The van der Waals surface area contributed by atoms with Gasteiger partial charge in [-0.2, -0.15) is 13.2 Å². The molecule has 122 valence electrons. The molecule has 0 unspecified atom stereocenters. The minimum atomic E-state index is -4.46. The molecule has 0 aliphatic carbocycles. The summed E-state index contributed by atoms with van der Waals surface area (Å²) in [5, 5.41) is 2.60. The molecule has 1 N–H and O–H groups in total. The molecule has 7 heteroatoms. The van der Waals surface area contributed by atoms with E-state index >= 15 is 0 Å². The minimum Gasteiger partial charge on any atom is -0.363 e. The number of halogens is 3. The fraction of sp³-hybridized carbons (Fsp3) is 0.250. The number of nitrogens with one attached hydrogen (secondary N) is 1. The highest BCUT2D eigenvalue weighted by Gasteiger charge is 2.32. The summed E-state index contributed by atoms with van der Waals surface area (Å²) in [5.41, 5.74) is 0.415. The number of hydrogen-bond acceptors (Lipinski definition) is 3. The summed E-state index contributed by atoms with van der Waals surface area (Å²) < 4.78 is 39.2. The number of aromatic nitrogens is 1. The van der Waals surface area contributed by atoms with Crippen molar-refractivity contribution in [1.82, 2.24) is 4.98 Å². The number of pyridine rings is 1. The van der Waals surface area contributed by atoms with Crippen LogP contribution in [0.1, 0.15) is 12.5 Å². The van der Waals surface area contributed by atoms with Crippen molar-refractivity contribution in [3.8, 4) is 11.3 Å². The zero-order chi connectivity index (χ0) is 17.2. The molecule has 2 aromatic rings. The third kappa shape index (κ3) is 4.21. The highest BCUT2D eigenvalue weighted by molar-refractivity contribution is 5.89. The molecular weight excluding hydrogens is 307 g/mol. The molecule has 1 aromatic carbocycles. The molecule has 0 fully saturated rings. The van der Waals surface area contributed by atoms with E-state index in [-0.39, 0.29) is 17.4 Å². The molecule has 0 aliphatic rings. The number of nitrogens with zero attached hydrogens (tertiary/aromatic N) is 2. The van der Waals surface area contributed by atoms with Gasteiger partial charge in [-0.3, -0.25) is 4.79 Å². The van der Waals surface area contributed by atoms with E-state index in [1.165, 1.54) is 11.8 Å². The van der Waals surface area contributed by atoms with Crippen LogP contribution in [0.4, 0.5) is 24.7 Å². The Bertz CT molecular complexity index is 727. The molecule has 0 bridgehead atoms. The molecule has 0 saturated heterocycles. The van der Waals surface area contributed by atoms with Gasteiger partial charge in [0, 0.05) is 32.3 Å². The highest BCUT2D eigenvalue weighted by Crippen LogP contribution is 2.34. The molecule has 1 amide bonds. The lowest BCUT2D eigenvalue weighted by molar-refractivity contribution is -0.137. The number of alkyl halides is 3. The normalized spacial score (nSPS) is 11.2. The zero-order valence-corrected chi connectivity index (χ0v) is 12.9. The van der Waals surface area contributed by atoms with Gasteiger partial charge in [0.05, 0.1) is 11.3 Å². The van der Waals surface area contributed by atoms with Gasteiger partial charge in [-0.05, 0) is 24.3 Å². The van der Waals surface area contributed by atoms with Crippen molar-refractivity contribution in [3.63, 3.8) is 0 Å². The standard InChI is InChI=1S/C16H16F3N3O/c1-10(23)20-13-6-4-5-11(7-13)14-8-12(16(17,18)19)9-15(21-14)22(2)3/h4-9H,1-3H3,(H,20,23). The number of rotatable bonds is 3. The predicted octanol–water partition coefficient (Wildman–Crippen LogP) is 3.79. The van der Waals surface area contributed by atoms with Gasteiger partial charge in [0.2, 0.25) is 5.91 Å². The molecular formula is C16H16F3N3O. The number of hydrogen-bond donors (Lipinski definition) is 1. The van der Waals surface area contributed by atoms with Gasteiger partial charge >= 0.3 is 6.18 Å². The van der Waals surface area contributed by atoms with E-state index in [2.05, 4.69) is 10.3 Å². The van der Waals surface area contributed by atoms with Crippen LogP contribution in [0, 0.1) is 0 Å². The number of amides is 1. The maximum Gasteiger partial charge on any atom is 0.416 e. The van der Waals surface area contributed by atoms with E-state index in [4.69, 9.17) is 0 Å². The van der Waals surface area contributed by atoms with Crippen LogP contribution in [0.15, 0.2) is 36.4 Å². The largest absolute Gasteiger partial charge is 0.416 e. The maximum atomic E-state index is 13.1. The topological polar surface area (TPSA) is 45.2 Å². The molecule has 0 radical (unpaired) electrons. The Morgan fingerprint density at radius 1 is 1.17 bits per heavy atom. The zero-order valence-electron chi connectivity index (χ0n) is 12.9. The van der Waals surface area contributed by atoms with Gasteiger partial charge in [-0.25, -0.2) is 4.98 Å². The fourth-order valence-electron chi connectivity index (χ4n) is 2.02. The summed E-state index contributed by atoms with van der Waals surface area (Å²) in [6.45, 7) is 1.36. The molecule has 4 nitrogen and oxygen atoms in total. The first-order valence-corrected chi connectivity index (χ1v) is 6.81. The summed E-state index contributed by atoms with van der Waals surface area (Å²) in [5.74, 6) is -0.0483. The highest BCUT2D eigenvalue weighted by atomic mass is 19.4. The molecule has 23 heavy (non-hydrogen) atoms. The molecule has 0 saturated carbocycles. The minimum absolute atomic E-state index is 0.190. The van der Waals surface area contributed by atoms with Gasteiger partial charge in [0.1, 0.15) is 5.82 Å². The second kappa shape index (κ2) is 6.28. The van der Waals surface area contributed by atoms with Crippen LogP contribution >= 0.6 is 0 Å². The van der Waals surface area contributed by atoms with Crippen molar-refractivity contribution >= 4 is 17.4 Å². The molecule has 0 atom stereocenters. The van der Waals surface area contributed by atoms with Crippen molar-refractivity contribution in [2.45, 2.75) is 13.1 Å². The molecule has 0 aliphatic heterocycles. The lowest BCUT2D eigenvalue weighted by Crippen LogP contribution is -2.14. The Morgan fingerprint density at radius 2 is 1.87 bits per heavy atom. The molecule has 1 heterocycles. The van der Waals surface area contributed by atoms with E-state index in [0.29, 0.717) is 11.3 Å². The fourth-order valence-corrected chi connectivity index (χ4v) is 2.02. The Hall–Kier alpha value is -2.57. The Kier molecular flexibility index (Phi) is 4.58. The van der Waals surface area contributed by atoms with Crippen LogP contribution in [0.3, 0.4) is 0 Å². The maximum absolute atomic E-state index is 13.1. The van der Waals surface area contributed by atoms with Crippen molar-refractivity contribution in [3.05, 3.63) is 42.0 Å². The van der Waals surface area contributed by atoms with Crippen LogP contribution in [-0.2, 0) is 11.0 Å². The van der Waals surface area contributed by atoms with Crippen LogP contribution in [0.25, 0.3) is 11.3 Å². The summed E-state index contributed by atoms with van der Waals surface area (Å²) in [7, 11) is 3.25. The predicted molar refractivity (Wildman–Crippen MR) is 83.3 cm³/mol. The summed E-state index contributed by atoms with van der Waals surface area (Å²) in [6, 6.07) is 8.54. The Morgan fingerprint density at radius 3 is 2.43 bits per heavy atom. The number of anilines is 2. The van der Waals surface area contributed by atoms with E-state index in [1.54, 1.807) is 38.4 Å². The Labute approximate surface area is 132 Å². The third-order valence-electron chi connectivity index (χ3n) is 3.08. The van der Waals surface area contributed by atoms with Crippen LogP contribution < -0.4 is 10.2 Å². The van der Waals surface area contributed by atoms with Crippen molar-refractivity contribution in [1.29, 1.82) is 0 Å². The van der Waals surface area contributed by atoms with E-state index in [1.807, 2.05) is 0 Å². The molecule has 1 aromatic heterocycles. The second-order valence-corrected chi connectivity index (χ2v) is 5.25. The van der Waals surface area contributed by atoms with E-state index < -0.39 is 11.7 Å². The average molecular weight is 323 g/mol. The number of benzene rings is 1. The first-order valence-electron chi connectivity index (χ1n) is 6.81. The van der Waals surface area contributed by atoms with Gasteiger partial charge in [-0.1, -0.05) is 12.1 Å². The molecule has 0 spiro atoms. The van der Waals surface area contributed by atoms with E-state index in [9.17, 15) is 18.0 Å². The van der Waals surface area contributed by atoms with Crippen molar-refractivity contribution in [2.75, 3.05) is 24.3 Å². The average Bonchev–Trinajstić information content (AvgIpc) is 2.45. The lowest BCUT2D eigenvalue weighted by atomic mass is 10.1. The van der Waals surface area contributed by atoms with Gasteiger partial charge in [0.25, 0.3) is 0 Å². The van der Waals surface area contributed by atoms with E-state index in [0.717, 1.165) is 12.1 Å². The van der Waals surface area contributed by atoms with Crippen LogP contribution in [-0.4, -0.2) is 25.0 Å².